The molecule has 0 saturated carbocycles. The number of amides is 1. The summed E-state index contributed by atoms with van der Waals surface area (Å²) in [6.45, 7) is 3.60. The Bertz CT molecular complexity index is 1390. The molecular weight excluding hydrogens is 510 g/mol. The Morgan fingerprint density at radius 1 is 1.08 bits per heavy atom. The quantitative estimate of drug-likeness (QED) is 0.397. The van der Waals surface area contributed by atoms with Crippen LogP contribution in [0.2, 0.25) is 0 Å². The summed E-state index contributed by atoms with van der Waals surface area (Å²) in [7, 11) is 0. The zero-order valence-corrected chi connectivity index (χ0v) is 20.4. The van der Waals surface area contributed by atoms with Gasteiger partial charge in [0.15, 0.2) is 5.17 Å². The number of nitrogens with zero attached hydrogens (tertiary/aromatic N) is 5. The SMILES string of the molecule is O=C1N=C(N2CCN(CCO)CC2)SC1=Cc1ccc2c(cnn2Cc2ccc(F)cc2C(F)(F)F)c1. The number of fused-ring (bicyclic) bond motifs is 1. The third kappa shape index (κ3) is 5.55. The summed E-state index contributed by atoms with van der Waals surface area (Å²) in [5.41, 5.74) is 0.243. The van der Waals surface area contributed by atoms with Crippen LogP contribution in [0.4, 0.5) is 17.6 Å². The van der Waals surface area contributed by atoms with Gasteiger partial charge >= 0.3 is 6.18 Å². The van der Waals surface area contributed by atoms with E-state index in [1.807, 2.05) is 0 Å². The van der Waals surface area contributed by atoms with Gasteiger partial charge in [-0.3, -0.25) is 14.4 Å². The van der Waals surface area contributed by atoms with Crippen molar-refractivity contribution in [2.24, 2.45) is 4.99 Å². The molecule has 12 heteroatoms. The number of amidine groups is 1. The van der Waals surface area contributed by atoms with Crippen LogP contribution in [0.3, 0.4) is 0 Å². The predicted molar refractivity (Wildman–Crippen MR) is 133 cm³/mol. The number of benzene rings is 2. The molecule has 0 atom stereocenters. The number of piperazine rings is 1. The molecule has 0 bridgehead atoms. The highest BCUT2D eigenvalue weighted by molar-refractivity contribution is 8.18. The number of carbonyl (C=O) groups excluding carboxylic acids is 1. The van der Waals surface area contributed by atoms with Gasteiger partial charge in [0.1, 0.15) is 5.82 Å². The molecule has 0 spiro atoms. The molecule has 1 fully saturated rings. The second-order valence-corrected chi connectivity index (χ2v) is 9.79. The Kier molecular flexibility index (Phi) is 7.06. The van der Waals surface area contributed by atoms with Gasteiger partial charge in [-0.15, -0.1) is 0 Å². The first-order chi connectivity index (χ1) is 17.7. The first-order valence-electron chi connectivity index (χ1n) is 11.6. The number of thioether (sulfide) groups is 1. The Labute approximate surface area is 214 Å². The van der Waals surface area contributed by atoms with E-state index in [1.165, 1.54) is 16.4 Å². The summed E-state index contributed by atoms with van der Waals surface area (Å²) < 4.78 is 55.0. The van der Waals surface area contributed by atoms with Crippen molar-refractivity contribution in [3.8, 4) is 0 Å². The summed E-state index contributed by atoms with van der Waals surface area (Å²) in [4.78, 5) is 21.4. The lowest BCUT2D eigenvalue weighted by Crippen LogP contribution is -2.48. The Morgan fingerprint density at radius 2 is 1.86 bits per heavy atom. The largest absolute Gasteiger partial charge is 0.416 e. The zero-order valence-electron chi connectivity index (χ0n) is 19.6. The fourth-order valence-corrected chi connectivity index (χ4v) is 5.39. The molecule has 0 radical (unpaired) electrons. The van der Waals surface area contributed by atoms with E-state index in [-0.39, 0.29) is 24.6 Å². The summed E-state index contributed by atoms with van der Waals surface area (Å²) >= 11 is 1.31. The van der Waals surface area contributed by atoms with E-state index in [9.17, 15) is 22.4 Å². The second-order valence-electron chi connectivity index (χ2n) is 8.78. The molecule has 194 valence electrons. The molecule has 1 N–H and O–H groups in total. The van der Waals surface area contributed by atoms with Crippen molar-refractivity contribution in [2.75, 3.05) is 39.3 Å². The molecule has 1 amide bonds. The van der Waals surface area contributed by atoms with Crippen molar-refractivity contribution in [3.05, 3.63) is 70.0 Å². The van der Waals surface area contributed by atoms with E-state index in [4.69, 9.17) is 5.11 Å². The highest BCUT2D eigenvalue weighted by Gasteiger charge is 2.34. The molecule has 2 aromatic carbocycles. The minimum absolute atomic E-state index is 0.0834. The van der Waals surface area contributed by atoms with E-state index < -0.39 is 17.6 Å². The van der Waals surface area contributed by atoms with Gasteiger partial charge in [-0.2, -0.15) is 23.3 Å². The first kappa shape index (κ1) is 25.4. The van der Waals surface area contributed by atoms with Crippen LogP contribution in [0.1, 0.15) is 16.7 Å². The monoisotopic (exact) mass is 533 g/mol. The van der Waals surface area contributed by atoms with Crippen LogP contribution in [0.15, 0.2) is 52.5 Å². The number of hydrogen-bond donors (Lipinski definition) is 1. The maximum absolute atomic E-state index is 13.4. The Morgan fingerprint density at radius 3 is 2.59 bits per heavy atom. The van der Waals surface area contributed by atoms with Gasteiger partial charge in [-0.1, -0.05) is 12.1 Å². The van der Waals surface area contributed by atoms with Crippen molar-refractivity contribution >= 4 is 39.8 Å². The van der Waals surface area contributed by atoms with E-state index in [2.05, 4.69) is 19.9 Å². The average molecular weight is 534 g/mol. The molecule has 3 aromatic rings. The van der Waals surface area contributed by atoms with E-state index in [0.717, 1.165) is 43.9 Å². The smallest absolute Gasteiger partial charge is 0.395 e. The van der Waals surface area contributed by atoms with Gasteiger partial charge in [-0.25, -0.2) is 4.39 Å². The molecule has 3 heterocycles. The number of rotatable bonds is 5. The first-order valence-corrected chi connectivity index (χ1v) is 12.4. The average Bonchev–Trinajstić information content (AvgIpc) is 3.43. The predicted octanol–water partition coefficient (Wildman–Crippen LogP) is 3.82. The highest BCUT2D eigenvalue weighted by Crippen LogP contribution is 2.34. The number of carbonyl (C=O) groups is 1. The van der Waals surface area contributed by atoms with Gasteiger partial charge in [-0.05, 0) is 53.2 Å². The van der Waals surface area contributed by atoms with Gasteiger partial charge < -0.3 is 10.0 Å². The molecule has 1 saturated heterocycles. The number of hydrogen-bond acceptors (Lipinski definition) is 6. The van der Waals surface area contributed by atoms with Crippen molar-refractivity contribution in [2.45, 2.75) is 12.7 Å². The lowest BCUT2D eigenvalue weighted by molar-refractivity contribution is -0.138. The number of alkyl halides is 3. The number of aliphatic hydroxyl groups is 1. The topological polar surface area (TPSA) is 74.0 Å². The lowest BCUT2D eigenvalue weighted by Gasteiger charge is -2.34. The van der Waals surface area contributed by atoms with Crippen molar-refractivity contribution in [3.63, 3.8) is 0 Å². The van der Waals surface area contributed by atoms with Crippen LogP contribution in [0.5, 0.6) is 0 Å². The summed E-state index contributed by atoms with van der Waals surface area (Å²) in [6.07, 6.45) is -1.39. The molecule has 0 unspecified atom stereocenters. The van der Waals surface area contributed by atoms with Crippen molar-refractivity contribution in [1.82, 2.24) is 19.6 Å². The van der Waals surface area contributed by atoms with Crippen molar-refractivity contribution < 1.29 is 27.5 Å². The molecule has 0 aliphatic carbocycles. The van der Waals surface area contributed by atoms with E-state index >= 15 is 0 Å². The molecular formula is C25H23F4N5O2S. The van der Waals surface area contributed by atoms with Gasteiger partial charge in [0.25, 0.3) is 5.91 Å². The lowest BCUT2D eigenvalue weighted by atomic mass is 10.1. The van der Waals surface area contributed by atoms with Crippen LogP contribution < -0.4 is 0 Å². The van der Waals surface area contributed by atoms with Crippen LogP contribution in [0, 0.1) is 5.82 Å². The molecule has 7 nitrogen and oxygen atoms in total. The van der Waals surface area contributed by atoms with Crippen LogP contribution in [0.25, 0.3) is 17.0 Å². The molecule has 5 rings (SSSR count). The number of β-amino-alcohol motifs (C(OH)–C–C–N with tert-alkyl or cyclic N) is 1. The third-order valence-electron chi connectivity index (χ3n) is 6.33. The van der Waals surface area contributed by atoms with Gasteiger partial charge in [0.2, 0.25) is 0 Å². The fraction of sp³-hybridized carbons (Fsp3) is 0.320. The summed E-state index contributed by atoms with van der Waals surface area (Å²) in [6, 6.07) is 7.92. The summed E-state index contributed by atoms with van der Waals surface area (Å²) in [5.74, 6) is -1.26. The number of halogens is 4. The standard InChI is InChI=1S/C25H23F4N5O2S/c26-19-3-2-17(20(13-19)25(27,28)29)15-34-21-4-1-16(11-18(21)14-30-34)12-22-23(36)31-24(37-22)33-7-5-32(6-8-33)9-10-35/h1-4,11-14,35H,5-10,15H2. The Balaban J connectivity index is 1.31. The van der Waals surface area contributed by atoms with Gasteiger partial charge in [0.05, 0.1) is 35.3 Å². The minimum atomic E-state index is -4.68. The number of aliphatic imine (C=N–C) groups is 1. The summed E-state index contributed by atoms with van der Waals surface area (Å²) in [5, 5.41) is 14.7. The maximum atomic E-state index is 13.4. The zero-order chi connectivity index (χ0) is 26.2. The van der Waals surface area contributed by atoms with Crippen LogP contribution >= 0.6 is 11.8 Å². The molecule has 2 aliphatic heterocycles. The second kappa shape index (κ2) is 10.3. The van der Waals surface area contributed by atoms with Crippen LogP contribution in [-0.4, -0.2) is 75.1 Å². The fourth-order valence-electron chi connectivity index (χ4n) is 4.42. The molecule has 37 heavy (non-hydrogen) atoms. The van der Waals surface area contributed by atoms with E-state index in [0.29, 0.717) is 33.6 Å². The van der Waals surface area contributed by atoms with Gasteiger partial charge in [0, 0.05) is 38.1 Å². The number of aromatic nitrogens is 2. The maximum Gasteiger partial charge on any atom is 0.416 e. The number of aliphatic hydroxyl groups excluding tert-OH is 1. The highest BCUT2D eigenvalue weighted by atomic mass is 32.2. The minimum Gasteiger partial charge on any atom is -0.395 e. The van der Waals surface area contributed by atoms with Crippen LogP contribution in [-0.2, 0) is 17.5 Å². The Hall–Kier alpha value is -3.22. The van der Waals surface area contributed by atoms with E-state index in [1.54, 1.807) is 30.5 Å². The normalized spacial score (nSPS) is 18.3. The molecule has 2 aliphatic rings. The van der Waals surface area contributed by atoms with Crippen molar-refractivity contribution in [1.29, 1.82) is 0 Å². The molecule has 1 aromatic heterocycles. The third-order valence-corrected chi connectivity index (χ3v) is 7.37.